The number of hydrogen-bond donors (Lipinski definition) is 1. The Morgan fingerprint density at radius 1 is 1.67 bits per heavy atom. The smallest absolute Gasteiger partial charge is 0.0596 e. The van der Waals surface area contributed by atoms with Crippen LogP contribution in [-0.2, 0) is 7.05 Å². The van der Waals surface area contributed by atoms with Gasteiger partial charge in [0.25, 0.3) is 0 Å². The van der Waals surface area contributed by atoms with Crippen LogP contribution in [0.3, 0.4) is 0 Å². The first-order chi connectivity index (χ1) is 7.16. The van der Waals surface area contributed by atoms with Gasteiger partial charge in [-0.1, -0.05) is 6.92 Å². The minimum atomic E-state index is 0.604. The lowest BCUT2D eigenvalue weighted by Gasteiger charge is -2.16. The van der Waals surface area contributed by atoms with Crippen molar-refractivity contribution in [3.63, 3.8) is 0 Å². The molecule has 15 heavy (non-hydrogen) atoms. The second-order valence-electron chi connectivity index (χ2n) is 4.76. The number of aryl methyl sites for hydroxylation is 2. The van der Waals surface area contributed by atoms with Crippen molar-refractivity contribution in [2.45, 2.75) is 45.1 Å². The van der Waals surface area contributed by atoms with Crippen LogP contribution in [0.2, 0.25) is 0 Å². The van der Waals surface area contributed by atoms with Crippen LogP contribution in [0, 0.1) is 6.92 Å². The van der Waals surface area contributed by atoms with Crippen molar-refractivity contribution in [1.29, 1.82) is 0 Å². The number of aromatic nitrogens is 2. The van der Waals surface area contributed by atoms with Crippen LogP contribution < -0.4 is 5.32 Å². The van der Waals surface area contributed by atoms with E-state index in [-0.39, 0.29) is 0 Å². The highest BCUT2D eigenvalue weighted by molar-refractivity contribution is 5.13. The zero-order chi connectivity index (χ0) is 10.8. The van der Waals surface area contributed by atoms with Crippen LogP contribution in [0.4, 0.5) is 0 Å². The number of nitrogens with one attached hydrogen (secondary N) is 1. The van der Waals surface area contributed by atoms with E-state index < -0.39 is 0 Å². The number of nitrogens with zero attached hydrogens (tertiary/aromatic N) is 2. The second kappa shape index (κ2) is 4.35. The molecule has 2 atom stereocenters. The maximum atomic E-state index is 4.40. The van der Waals surface area contributed by atoms with Gasteiger partial charge in [0.2, 0.25) is 0 Å². The highest BCUT2D eigenvalue weighted by Crippen LogP contribution is 2.23. The summed E-state index contributed by atoms with van der Waals surface area (Å²) in [4.78, 5) is 0. The molecule has 1 fully saturated rings. The van der Waals surface area contributed by atoms with E-state index in [0.717, 1.165) is 11.7 Å². The quantitative estimate of drug-likeness (QED) is 0.821. The summed E-state index contributed by atoms with van der Waals surface area (Å²) in [6, 6.07) is 2.93. The van der Waals surface area contributed by atoms with Crippen molar-refractivity contribution in [2.75, 3.05) is 6.54 Å². The Bertz CT molecular complexity index is 324. The molecule has 1 aliphatic heterocycles. The predicted octanol–water partition coefficient (Wildman–Crippen LogP) is 1.97. The highest BCUT2D eigenvalue weighted by Gasteiger charge is 2.19. The Labute approximate surface area is 91.9 Å². The van der Waals surface area contributed by atoms with Crippen molar-refractivity contribution >= 4 is 0 Å². The average Bonchev–Trinajstić information content (AvgIpc) is 2.75. The van der Waals surface area contributed by atoms with Crippen LogP contribution in [0.15, 0.2) is 6.07 Å². The molecule has 0 saturated carbocycles. The third-order valence-corrected chi connectivity index (χ3v) is 3.34. The van der Waals surface area contributed by atoms with E-state index in [2.05, 4.69) is 30.3 Å². The minimum Gasteiger partial charge on any atom is -0.314 e. The van der Waals surface area contributed by atoms with Gasteiger partial charge in [-0.3, -0.25) is 4.68 Å². The molecule has 3 heteroatoms. The molecule has 0 radical (unpaired) electrons. The molecule has 2 heterocycles. The molecule has 1 aromatic rings. The van der Waals surface area contributed by atoms with Crippen molar-refractivity contribution < 1.29 is 0 Å². The predicted molar refractivity (Wildman–Crippen MR) is 62.0 cm³/mol. The van der Waals surface area contributed by atoms with E-state index in [1.54, 1.807) is 0 Å². The van der Waals surface area contributed by atoms with Gasteiger partial charge in [0, 0.05) is 18.8 Å². The van der Waals surface area contributed by atoms with Crippen LogP contribution in [0.1, 0.15) is 43.5 Å². The lowest BCUT2D eigenvalue weighted by Crippen LogP contribution is -2.23. The summed E-state index contributed by atoms with van der Waals surface area (Å²) < 4.78 is 2.02. The zero-order valence-electron chi connectivity index (χ0n) is 9.95. The van der Waals surface area contributed by atoms with E-state index >= 15 is 0 Å². The van der Waals surface area contributed by atoms with E-state index in [1.807, 2.05) is 11.7 Å². The van der Waals surface area contributed by atoms with Gasteiger partial charge in [0.1, 0.15) is 0 Å². The first kappa shape index (κ1) is 10.7. The minimum absolute atomic E-state index is 0.604. The summed E-state index contributed by atoms with van der Waals surface area (Å²) in [5.74, 6) is 0.604. The maximum absolute atomic E-state index is 4.40. The fourth-order valence-electron chi connectivity index (χ4n) is 2.60. The Morgan fingerprint density at radius 3 is 3.00 bits per heavy atom. The summed E-state index contributed by atoms with van der Waals surface area (Å²) in [6.07, 6.45) is 3.90. The van der Waals surface area contributed by atoms with Gasteiger partial charge in [0.15, 0.2) is 0 Å². The zero-order valence-corrected chi connectivity index (χ0v) is 9.95. The molecule has 1 aromatic heterocycles. The van der Waals surface area contributed by atoms with E-state index in [9.17, 15) is 0 Å². The summed E-state index contributed by atoms with van der Waals surface area (Å²) >= 11 is 0. The standard InChI is InChI=1S/C12H21N3/c1-9(7-11-5-4-6-13-11)12-8-10(2)14-15(12)3/h8-9,11,13H,4-7H2,1-3H3. The molecule has 1 N–H and O–H groups in total. The van der Waals surface area contributed by atoms with Crippen LogP contribution in [-0.4, -0.2) is 22.4 Å². The molecule has 84 valence electrons. The van der Waals surface area contributed by atoms with E-state index in [0.29, 0.717) is 5.92 Å². The van der Waals surface area contributed by atoms with Gasteiger partial charge in [-0.05, 0) is 44.7 Å². The van der Waals surface area contributed by atoms with Crippen molar-refractivity contribution in [3.05, 3.63) is 17.5 Å². The van der Waals surface area contributed by atoms with Gasteiger partial charge in [0.05, 0.1) is 5.69 Å². The molecule has 1 aliphatic rings. The Hall–Kier alpha value is -0.830. The van der Waals surface area contributed by atoms with Gasteiger partial charge in [-0.2, -0.15) is 5.10 Å². The first-order valence-corrected chi connectivity index (χ1v) is 5.90. The fourth-order valence-corrected chi connectivity index (χ4v) is 2.60. The number of rotatable bonds is 3. The first-order valence-electron chi connectivity index (χ1n) is 5.90. The summed E-state index contributed by atoms with van der Waals surface area (Å²) in [5.41, 5.74) is 2.49. The van der Waals surface area contributed by atoms with E-state index in [4.69, 9.17) is 0 Å². The third kappa shape index (κ3) is 2.40. The molecule has 0 amide bonds. The number of hydrogen-bond acceptors (Lipinski definition) is 2. The summed E-state index contributed by atoms with van der Waals surface area (Å²) in [5, 5.41) is 7.96. The van der Waals surface area contributed by atoms with Gasteiger partial charge in [-0.15, -0.1) is 0 Å². The lowest BCUT2D eigenvalue weighted by atomic mass is 9.97. The van der Waals surface area contributed by atoms with Crippen LogP contribution in [0.25, 0.3) is 0 Å². The topological polar surface area (TPSA) is 29.9 Å². The summed E-state index contributed by atoms with van der Waals surface area (Å²) in [7, 11) is 2.04. The van der Waals surface area contributed by atoms with Gasteiger partial charge >= 0.3 is 0 Å². The van der Waals surface area contributed by atoms with Gasteiger partial charge < -0.3 is 5.32 Å². The average molecular weight is 207 g/mol. The van der Waals surface area contributed by atoms with Crippen LogP contribution >= 0.6 is 0 Å². The maximum Gasteiger partial charge on any atom is 0.0596 e. The van der Waals surface area contributed by atoms with E-state index in [1.165, 1.54) is 31.5 Å². The highest BCUT2D eigenvalue weighted by atomic mass is 15.3. The van der Waals surface area contributed by atoms with Crippen LogP contribution in [0.5, 0.6) is 0 Å². The molecule has 0 spiro atoms. The fraction of sp³-hybridized carbons (Fsp3) is 0.750. The molecule has 3 nitrogen and oxygen atoms in total. The SMILES string of the molecule is Cc1cc(C(C)CC2CCCN2)n(C)n1. The van der Waals surface area contributed by atoms with Gasteiger partial charge in [-0.25, -0.2) is 0 Å². The molecular weight excluding hydrogens is 186 g/mol. The summed E-state index contributed by atoms with van der Waals surface area (Å²) in [6.45, 7) is 5.56. The van der Waals surface area contributed by atoms with Crippen molar-refractivity contribution in [3.8, 4) is 0 Å². The molecule has 0 aromatic carbocycles. The molecule has 2 unspecified atom stereocenters. The third-order valence-electron chi connectivity index (χ3n) is 3.34. The molecular formula is C12H21N3. The Kier molecular flexibility index (Phi) is 3.10. The second-order valence-corrected chi connectivity index (χ2v) is 4.76. The Balaban J connectivity index is 2.00. The molecule has 1 saturated heterocycles. The molecule has 2 rings (SSSR count). The monoisotopic (exact) mass is 207 g/mol. The molecule has 0 aliphatic carbocycles. The normalized spacial score (nSPS) is 23.3. The largest absolute Gasteiger partial charge is 0.314 e. The van der Waals surface area contributed by atoms with Crippen molar-refractivity contribution in [2.24, 2.45) is 7.05 Å². The molecule has 0 bridgehead atoms. The Morgan fingerprint density at radius 2 is 2.47 bits per heavy atom. The lowest BCUT2D eigenvalue weighted by molar-refractivity contribution is 0.490. The van der Waals surface area contributed by atoms with Crippen molar-refractivity contribution in [1.82, 2.24) is 15.1 Å².